The summed E-state index contributed by atoms with van der Waals surface area (Å²) in [6.07, 6.45) is -1.42. The summed E-state index contributed by atoms with van der Waals surface area (Å²) in [4.78, 5) is 21.2. The maximum absolute atomic E-state index is 11.0. The van der Waals surface area contributed by atoms with Crippen LogP contribution in [0.15, 0.2) is 24.3 Å². The first-order valence-corrected chi connectivity index (χ1v) is 3.62. The molecule has 0 fully saturated rings. The molecule has 0 bridgehead atoms. The highest BCUT2D eigenvalue weighted by Gasteiger charge is 2.09. The van der Waals surface area contributed by atoms with Crippen molar-refractivity contribution in [2.75, 3.05) is 0 Å². The first-order chi connectivity index (χ1) is 6.11. The van der Waals surface area contributed by atoms with Crippen LogP contribution in [0.5, 0.6) is 5.75 Å². The molecule has 0 unspecified atom stereocenters. The van der Waals surface area contributed by atoms with Crippen LogP contribution in [0.1, 0.15) is 17.3 Å². The van der Waals surface area contributed by atoms with Gasteiger partial charge in [-0.1, -0.05) is 12.1 Å². The molecule has 1 rings (SSSR count). The number of carbonyl (C=O) groups is 2. The van der Waals surface area contributed by atoms with E-state index in [4.69, 9.17) is 5.11 Å². The Morgan fingerprint density at radius 3 is 2.46 bits per heavy atom. The monoisotopic (exact) mass is 180 g/mol. The molecule has 0 amide bonds. The van der Waals surface area contributed by atoms with E-state index in [-0.39, 0.29) is 17.1 Å². The van der Waals surface area contributed by atoms with Crippen LogP contribution in [0.2, 0.25) is 0 Å². The Kier molecular flexibility index (Phi) is 2.64. The molecular weight excluding hydrogens is 172 g/mol. The van der Waals surface area contributed by atoms with Crippen molar-refractivity contribution in [3.05, 3.63) is 29.8 Å². The summed E-state index contributed by atoms with van der Waals surface area (Å²) in [5, 5.41) is 8.34. The van der Waals surface area contributed by atoms with E-state index < -0.39 is 6.16 Å². The second-order valence-corrected chi connectivity index (χ2v) is 2.42. The summed E-state index contributed by atoms with van der Waals surface area (Å²) in [7, 11) is 0. The number of para-hydroxylation sites is 1. The first kappa shape index (κ1) is 9.25. The highest BCUT2D eigenvalue weighted by Crippen LogP contribution is 2.18. The Bertz CT molecular complexity index is 343. The fraction of sp³-hybridized carbons (Fsp3) is 0.111. The molecule has 0 aliphatic heterocycles. The summed E-state index contributed by atoms with van der Waals surface area (Å²) < 4.78 is 4.40. The molecule has 1 aromatic rings. The Balaban J connectivity index is 3.04. The van der Waals surface area contributed by atoms with Gasteiger partial charge in [0.05, 0.1) is 5.56 Å². The van der Waals surface area contributed by atoms with Gasteiger partial charge in [-0.05, 0) is 19.1 Å². The molecule has 13 heavy (non-hydrogen) atoms. The highest BCUT2D eigenvalue weighted by atomic mass is 16.7. The Hall–Kier alpha value is -1.84. The molecular formula is C9H8O4. The molecule has 0 atom stereocenters. The van der Waals surface area contributed by atoms with Crippen molar-refractivity contribution in [2.45, 2.75) is 6.92 Å². The lowest BCUT2D eigenvalue weighted by molar-refractivity contribution is 0.101. The predicted molar refractivity (Wildman–Crippen MR) is 45.1 cm³/mol. The zero-order valence-electron chi connectivity index (χ0n) is 6.98. The fourth-order valence-corrected chi connectivity index (χ4v) is 0.941. The van der Waals surface area contributed by atoms with Gasteiger partial charge in [0.1, 0.15) is 5.75 Å². The zero-order valence-corrected chi connectivity index (χ0v) is 6.98. The van der Waals surface area contributed by atoms with E-state index >= 15 is 0 Å². The van der Waals surface area contributed by atoms with Crippen LogP contribution in [0.25, 0.3) is 0 Å². The predicted octanol–water partition coefficient (Wildman–Crippen LogP) is 1.95. The van der Waals surface area contributed by atoms with Crippen molar-refractivity contribution in [3.8, 4) is 5.75 Å². The maximum atomic E-state index is 11.0. The number of rotatable bonds is 2. The smallest absolute Gasteiger partial charge is 0.449 e. The average molecular weight is 180 g/mol. The first-order valence-electron chi connectivity index (χ1n) is 3.62. The molecule has 4 heteroatoms. The topological polar surface area (TPSA) is 63.6 Å². The number of carbonyl (C=O) groups excluding carboxylic acids is 1. The van der Waals surface area contributed by atoms with E-state index in [9.17, 15) is 9.59 Å². The molecule has 1 N–H and O–H groups in total. The third kappa shape index (κ3) is 2.30. The second kappa shape index (κ2) is 3.71. The van der Waals surface area contributed by atoms with E-state index in [0.717, 1.165) is 0 Å². The van der Waals surface area contributed by atoms with E-state index in [0.29, 0.717) is 0 Å². The number of hydrogen-bond acceptors (Lipinski definition) is 3. The van der Waals surface area contributed by atoms with Gasteiger partial charge in [-0.2, -0.15) is 0 Å². The van der Waals surface area contributed by atoms with E-state index in [1.54, 1.807) is 12.1 Å². The van der Waals surface area contributed by atoms with Crippen LogP contribution in [-0.2, 0) is 0 Å². The zero-order chi connectivity index (χ0) is 9.84. The van der Waals surface area contributed by atoms with E-state index in [1.165, 1.54) is 19.1 Å². The number of ketones is 1. The quantitative estimate of drug-likeness (QED) is 0.429. The minimum Gasteiger partial charge on any atom is -0.449 e. The van der Waals surface area contributed by atoms with Crippen molar-refractivity contribution >= 4 is 11.9 Å². The maximum Gasteiger partial charge on any atom is 0.511 e. The van der Waals surface area contributed by atoms with Gasteiger partial charge in [0.15, 0.2) is 5.78 Å². The van der Waals surface area contributed by atoms with E-state index in [2.05, 4.69) is 4.74 Å². The summed E-state index contributed by atoms with van der Waals surface area (Å²) in [6, 6.07) is 6.20. The molecule has 0 aromatic heterocycles. The van der Waals surface area contributed by atoms with Crippen LogP contribution in [0.3, 0.4) is 0 Å². The van der Waals surface area contributed by atoms with Crippen molar-refractivity contribution in [3.63, 3.8) is 0 Å². The highest BCUT2D eigenvalue weighted by molar-refractivity contribution is 5.97. The standard InChI is InChI=1S/C9H8O4/c1-6(10)7-4-2-3-5-8(7)13-9(11)12/h2-5H,1H3,(H,11,12). The molecule has 0 spiro atoms. The van der Waals surface area contributed by atoms with Gasteiger partial charge in [0, 0.05) is 0 Å². The third-order valence-electron chi connectivity index (χ3n) is 1.46. The van der Waals surface area contributed by atoms with Gasteiger partial charge < -0.3 is 9.84 Å². The van der Waals surface area contributed by atoms with Crippen LogP contribution in [0.4, 0.5) is 4.79 Å². The van der Waals surface area contributed by atoms with Crippen LogP contribution in [0, 0.1) is 0 Å². The van der Waals surface area contributed by atoms with Crippen molar-refractivity contribution in [1.29, 1.82) is 0 Å². The van der Waals surface area contributed by atoms with Crippen LogP contribution >= 0.6 is 0 Å². The van der Waals surface area contributed by atoms with Gasteiger partial charge in [-0.3, -0.25) is 4.79 Å². The number of Topliss-reactive ketones (excluding diaryl/α,β-unsaturated/α-hetero) is 1. The minimum absolute atomic E-state index is 0.0718. The molecule has 1 aromatic carbocycles. The number of carboxylic acid groups (broad SMARTS) is 1. The molecule has 0 heterocycles. The molecule has 0 aliphatic carbocycles. The van der Waals surface area contributed by atoms with Crippen LogP contribution in [-0.4, -0.2) is 17.0 Å². The van der Waals surface area contributed by atoms with Crippen molar-refractivity contribution in [2.24, 2.45) is 0 Å². The van der Waals surface area contributed by atoms with Crippen LogP contribution < -0.4 is 4.74 Å². The van der Waals surface area contributed by atoms with Gasteiger partial charge >= 0.3 is 6.16 Å². The van der Waals surface area contributed by atoms with Gasteiger partial charge in [-0.25, -0.2) is 4.79 Å². The summed E-state index contributed by atoms with van der Waals surface area (Å²) in [6.45, 7) is 1.35. The fourth-order valence-electron chi connectivity index (χ4n) is 0.941. The van der Waals surface area contributed by atoms with Gasteiger partial charge in [-0.15, -0.1) is 0 Å². The van der Waals surface area contributed by atoms with Crippen molar-refractivity contribution < 1.29 is 19.4 Å². The number of benzene rings is 1. The molecule has 0 aliphatic rings. The number of ether oxygens (including phenoxy) is 1. The summed E-state index contributed by atoms with van der Waals surface area (Å²) in [5.74, 6) is -0.153. The minimum atomic E-state index is -1.42. The van der Waals surface area contributed by atoms with Gasteiger partial charge in [0.25, 0.3) is 0 Å². The Morgan fingerprint density at radius 2 is 1.92 bits per heavy atom. The normalized spacial score (nSPS) is 9.31. The lowest BCUT2D eigenvalue weighted by Gasteiger charge is -2.03. The molecule has 0 saturated heterocycles. The molecule has 68 valence electrons. The van der Waals surface area contributed by atoms with Crippen molar-refractivity contribution in [1.82, 2.24) is 0 Å². The third-order valence-corrected chi connectivity index (χ3v) is 1.46. The summed E-state index contributed by atoms with van der Waals surface area (Å²) in [5.41, 5.74) is 0.268. The summed E-state index contributed by atoms with van der Waals surface area (Å²) >= 11 is 0. The van der Waals surface area contributed by atoms with E-state index in [1.807, 2.05) is 0 Å². The lowest BCUT2D eigenvalue weighted by atomic mass is 10.1. The molecule has 0 saturated carbocycles. The Morgan fingerprint density at radius 1 is 1.31 bits per heavy atom. The largest absolute Gasteiger partial charge is 0.511 e. The SMILES string of the molecule is CC(=O)c1ccccc1OC(=O)O. The molecule has 4 nitrogen and oxygen atoms in total. The molecule has 0 radical (unpaired) electrons. The lowest BCUT2D eigenvalue weighted by Crippen LogP contribution is -2.06. The number of hydrogen-bond donors (Lipinski definition) is 1. The second-order valence-electron chi connectivity index (χ2n) is 2.42. The van der Waals surface area contributed by atoms with Gasteiger partial charge in [0.2, 0.25) is 0 Å². The Labute approximate surface area is 74.8 Å². The average Bonchev–Trinajstić information content (AvgIpc) is 2.03.